The SMILES string of the molecule is C#CCCCCNC(=O)C1CNCC1C. The second-order valence-electron chi connectivity index (χ2n) is 4.19. The van der Waals surface area contributed by atoms with E-state index in [1.54, 1.807) is 0 Å². The third-order valence-corrected chi connectivity index (χ3v) is 2.90. The summed E-state index contributed by atoms with van der Waals surface area (Å²) in [5.41, 5.74) is 0. The minimum atomic E-state index is 0.151. The Labute approximate surface area is 92.0 Å². The summed E-state index contributed by atoms with van der Waals surface area (Å²) in [7, 11) is 0. The van der Waals surface area contributed by atoms with Gasteiger partial charge in [0.2, 0.25) is 5.91 Å². The second kappa shape index (κ2) is 6.47. The fourth-order valence-corrected chi connectivity index (χ4v) is 1.86. The van der Waals surface area contributed by atoms with Gasteiger partial charge < -0.3 is 10.6 Å². The van der Waals surface area contributed by atoms with Gasteiger partial charge in [-0.1, -0.05) is 6.92 Å². The van der Waals surface area contributed by atoms with Crippen molar-refractivity contribution in [2.45, 2.75) is 26.2 Å². The van der Waals surface area contributed by atoms with E-state index in [9.17, 15) is 4.79 Å². The quantitative estimate of drug-likeness (QED) is 0.517. The molecule has 0 bridgehead atoms. The number of hydrogen-bond acceptors (Lipinski definition) is 2. The van der Waals surface area contributed by atoms with Crippen LogP contribution < -0.4 is 10.6 Å². The molecule has 1 fully saturated rings. The number of amides is 1. The van der Waals surface area contributed by atoms with Crippen LogP contribution in [0.25, 0.3) is 0 Å². The minimum Gasteiger partial charge on any atom is -0.356 e. The Bertz CT molecular complexity index is 244. The summed E-state index contributed by atoms with van der Waals surface area (Å²) in [6.07, 6.45) is 7.92. The topological polar surface area (TPSA) is 41.1 Å². The number of rotatable bonds is 5. The van der Waals surface area contributed by atoms with Gasteiger partial charge in [0.05, 0.1) is 5.92 Å². The van der Waals surface area contributed by atoms with E-state index in [-0.39, 0.29) is 11.8 Å². The highest BCUT2D eigenvalue weighted by Crippen LogP contribution is 2.15. The van der Waals surface area contributed by atoms with E-state index in [0.29, 0.717) is 5.92 Å². The van der Waals surface area contributed by atoms with Gasteiger partial charge in [-0.2, -0.15) is 0 Å². The Morgan fingerprint density at radius 1 is 1.53 bits per heavy atom. The van der Waals surface area contributed by atoms with Crippen LogP contribution in [0.4, 0.5) is 0 Å². The third kappa shape index (κ3) is 3.93. The van der Waals surface area contributed by atoms with Crippen LogP contribution in [-0.2, 0) is 4.79 Å². The maximum atomic E-state index is 11.7. The molecule has 2 N–H and O–H groups in total. The molecule has 2 unspecified atom stereocenters. The van der Waals surface area contributed by atoms with Crippen LogP contribution in [0.1, 0.15) is 26.2 Å². The summed E-state index contributed by atoms with van der Waals surface area (Å²) >= 11 is 0. The van der Waals surface area contributed by atoms with Gasteiger partial charge in [-0.05, 0) is 25.3 Å². The Morgan fingerprint density at radius 3 is 2.93 bits per heavy atom. The first-order valence-electron chi connectivity index (χ1n) is 5.67. The lowest BCUT2D eigenvalue weighted by Gasteiger charge is -2.13. The number of nitrogens with one attached hydrogen (secondary N) is 2. The van der Waals surface area contributed by atoms with Crippen molar-refractivity contribution in [3.8, 4) is 12.3 Å². The normalized spacial score (nSPS) is 24.8. The average Bonchev–Trinajstić information content (AvgIpc) is 2.64. The van der Waals surface area contributed by atoms with Gasteiger partial charge in [-0.15, -0.1) is 12.3 Å². The molecule has 1 rings (SSSR count). The molecule has 0 aromatic carbocycles. The molecular formula is C12H20N2O. The van der Waals surface area contributed by atoms with Crippen molar-refractivity contribution >= 4 is 5.91 Å². The molecule has 1 amide bonds. The van der Waals surface area contributed by atoms with Gasteiger partial charge in [0.15, 0.2) is 0 Å². The maximum Gasteiger partial charge on any atom is 0.224 e. The minimum absolute atomic E-state index is 0.151. The van der Waals surface area contributed by atoms with Crippen LogP contribution in [0.5, 0.6) is 0 Å². The van der Waals surface area contributed by atoms with Crippen molar-refractivity contribution in [1.29, 1.82) is 0 Å². The molecule has 3 heteroatoms. The van der Waals surface area contributed by atoms with E-state index < -0.39 is 0 Å². The van der Waals surface area contributed by atoms with Crippen molar-refractivity contribution < 1.29 is 4.79 Å². The average molecular weight is 208 g/mol. The number of unbranched alkanes of at least 4 members (excludes halogenated alkanes) is 2. The molecule has 1 aliphatic rings. The zero-order valence-corrected chi connectivity index (χ0v) is 9.38. The first kappa shape index (κ1) is 12.1. The molecule has 1 saturated heterocycles. The van der Waals surface area contributed by atoms with Crippen LogP contribution >= 0.6 is 0 Å². The Morgan fingerprint density at radius 2 is 2.33 bits per heavy atom. The van der Waals surface area contributed by atoms with Crippen LogP contribution in [-0.4, -0.2) is 25.5 Å². The highest BCUT2D eigenvalue weighted by Gasteiger charge is 2.28. The van der Waals surface area contributed by atoms with Gasteiger partial charge in [0, 0.05) is 19.5 Å². The van der Waals surface area contributed by atoms with Gasteiger partial charge in [-0.3, -0.25) is 4.79 Å². The Balaban J connectivity index is 2.11. The largest absolute Gasteiger partial charge is 0.356 e. The Hall–Kier alpha value is -1.01. The molecule has 3 nitrogen and oxygen atoms in total. The van der Waals surface area contributed by atoms with Crippen molar-refractivity contribution in [3.05, 3.63) is 0 Å². The highest BCUT2D eigenvalue weighted by molar-refractivity contribution is 5.79. The summed E-state index contributed by atoms with van der Waals surface area (Å²) in [5.74, 6) is 3.39. The van der Waals surface area contributed by atoms with Crippen molar-refractivity contribution in [2.24, 2.45) is 11.8 Å². The zero-order chi connectivity index (χ0) is 11.1. The molecule has 0 spiro atoms. The number of carbonyl (C=O) groups excluding carboxylic acids is 1. The number of hydrogen-bond donors (Lipinski definition) is 2. The maximum absolute atomic E-state index is 11.7. The van der Waals surface area contributed by atoms with Gasteiger partial charge in [0.1, 0.15) is 0 Å². The standard InChI is InChI=1S/C12H20N2O/c1-3-4-5-6-7-14-12(15)11-9-13-8-10(11)2/h1,10-11,13H,4-9H2,2H3,(H,14,15). The zero-order valence-electron chi connectivity index (χ0n) is 9.38. The Kier molecular flexibility index (Phi) is 5.20. The number of carbonyl (C=O) groups is 1. The molecule has 15 heavy (non-hydrogen) atoms. The van der Waals surface area contributed by atoms with Crippen molar-refractivity contribution in [2.75, 3.05) is 19.6 Å². The van der Waals surface area contributed by atoms with Gasteiger partial charge in [-0.25, -0.2) is 0 Å². The van der Waals surface area contributed by atoms with E-state index >= 15 is 0 Å². The van der Waals surface area contributed by atoms with E-state index in [2.05, 4.69) is 23.5 Å². The first-order valence-corrected chi connectivity index (χ1v) is 5.67. The van der Waals surface area contributed by atoms with E-state index in [1.165, 1.54) is 0 Å². The van der Waals surface area contributed by atoms with Crippen LogP contribution in [0.15, 0.2) is 0 Å². The van der Waals surface area contributed by atoms with E-state index in [1.807, 2.05) is 0 Å². The summed E-state index contributed by atoms with van der Waals surface area (Å²) in [6, 6.07) is 0. The molecule has 0 radical (unpaired) electrons. The lowest BCUT2D eigenvalue weighted by Crippen LogP contribution is -2.34. The second-order valence-corrected chi connectivity index (χ2v) is 4.19. The molecular weight excluding hydrogens is 188 g/mol. The smallest absolute Gasteiger partial charge is 0.224 e. The summed E-state index contributed by atoms with van der Waals surface area (Å²) in [6.45, 7) is 4.64. The predicted molar refractivity (Wildman–Crippen MR) is 61.2 cm³/mol. The summed E-state index contributed by atoms with van der Waals surface area (Å²) in [4.78, 5) is 11.7. The molecule has 84 valence electrons. The lowest BCUT2D eigenvalue weighted by molar-refractivity contribution is -0.125. The van der Waals surface area contributed by atoms with E-state index in [4.69, 9.17) is 6.42 Å². The predicted octanol–water partition coefficient (Wildman–Crippen LogP) is 0.762. The molecule has 0 saturated carbocycles. The molecule has 0 aliphatic carbocycles. The lowest BCUT2D eigenvalue weighted by atomic mass is 9.97. The summed E-state index contributed by atoms with van der Waals surface area (Å²) < 4.78 is 0. The van der Waals surface area contributed by atoms with Crippen LogP contribution in [0, 0.1) is 24.2 Å². The fraction of sp³-hybridized carbons (Fsp3) is 0.750. The van der Waals surface area contributed by atoms with Gasteiger partial charge in [0.25, 0.3) is 0 Å². The molecule has 0 aromatic rings. The van der Waals surface area contributed by atoms with Crippen LogP contribution in [0.3, 0.4) is 0 Å². The van der Waals surface area contributed by atoms with Crippen LogP contribution in [0.2, 0.25) is 0 Å². The molecule has 0 aromatic heterocycles. The van der Waals surface area contributed by atoms with Crippen molar-refractivity contribution in [1.82, 2.24) is 10.6 Å². The van der Waals surface area contributed by atoms with Gasteiger partial charge >= 0.3 is 0 Å². The monoisotopic (exact) mass is 208 g/mol. The third-order valence-electron chi connectivity index (χ3n) is 2.90. The fourth-order valence-electron chi connectivity index (χ4n) is 1.86. The first-order chi connectivity index (χ1) is 7.25. The molecule has 1 aliphatic heterocycles. The van der Waals surface area contributed by atoms with Crippen molar-refractivity contribution in [3.63, 3.8) is 0 Å². The summed E-state index contributed by atoms with van der Waals surface area (Å²) in [5, 5.41) is 6.19. The molecule has 2 atom stereocenters. The number of terminal acetylenes is 1. The van der Waals surface area contributed by atoms with E-state index in [0.717, 1.165) is 38.9 Å². The highest BCUT2D eigenvalue weighted by atomic mass is 16.1. The molecule has 1 heterocycles.